The highest BCUT2D eigenvalue weighted by Gasteiger charge is 2.30. The Morgan fingerprint density at radius 3 is 2.58 bits per heavy atom. The molecule has 1 saturated heterocycles. The maximum atomic E-state index is 15.4. The molecule has 260 valence electrons. The molecule has 14 heteroatoms. The number of esters is 1. The summed E-state index contributed by atoms with van der Waals surface area (Å²) in [5, 5.41) is 3.15. The summed E-state index contributed by atoms with van der Waals surface area (Å²) in [6, 6.07) is 17.1. The lowest BCUT2D eigenvalue weighted by Crippen LogP contribution is -2.32. The van der Waals surface area contributed by atoms with Crippen molar-refractivity contribution < 1.29 is 37.7 Å². The lowest BCUT2D eigenvalue weighted by molar-refractivity contribution is -0.150. The SMILES string of the molecule is COc1cc2c(Oc3ccc(NC(=O)c4c(C)n(C)n(-c5ccccc5)c4=O)cc3F)ccnc2cc1OC[C@H]1C[C@H](OC(=O)[C@H](C)N)CO1. The molecule has 13 nitrogen and oxygen atoms in total. The first kappa shape index (κ1) is 34.1. The number of para-hydroxylation sites is 1. The maximum absolute atomic E-state index is 15.4. The number of carbonyl (C=O) groups excluding carboxylic acids is 2. The molecule has 0 aliphatic carbocycles. The van der Waals surface area contributed by atoms with Gasteiger partial charge in [0.25, 0.3) is 11.5 Å². The van der Waals surface area contributed by atoms with E-state index in [2.05, 4.69) is 10.3 Å². The molecular weight excluding hydrogens is 649 g/mol. The monoisotopic (exact) mass is 685 g/mol. The van der Waals surface area contributed by atoms with E-state index in [1.807, 2.05) is 6.07 Å². The predicted molar refractivity (Wildman–Crippen MR) is 182 cm³/mol. The van der Waals surface area contributed by atoms with Crippen molar-refractivity contribution in [1.82, 2.24) is 14.3 Å². The largest absolute Gasteiger partial charge is 0.493 e. The van der Waals surface area contributed by atoms with Gasteiger partial charge in [-0.15, -0.1) is 0 Å². The fourth-order valence-electron chi connectivity index (χ4n) is 5.62. The van der Waals surface area contributed by atoms with Crippen molar-refractivity contribution in [3.05, 3.63) is 100 Å². The van der Waals surface area contributed by atoms with Gasteiger partial charge in [0.2, 0.25) is 0 Å². The molecule has 0 bridgehead atoms. The van der Waals surface area contributed by atoms with E-state index in [0.717, 1.165) is 6.07 Å². The highest BCUT2D eigenvalue weighted by Crippen LogP contribution is 2.38. The molecule has 50 heavy (non-hydrogen) atoms. The quantitative estimate of drug-likeness (QED) is 0.188. The molecule has 3 N–H and O–H groups in total. The first-order valence-corrected chi connectivity index (χ1v) is 15.8. The van der Waals surface area contributed by atoms with Crippen molar-refractivity contribution in [2.75, 3.05) is 25.6 Å². The van der Waals surface area contributed by atoms with Crippen LogP contribution in [0.5, 0.6) is 23.0 Å². The van der Waals surface area contributed by atoms with Gasteiger partial charge in [-0.2, -0.15) is 0 Å². The molecule has 5 aromatic rings. The number of carbonyl (C=O) groups is 2. The van der Waals surface area contributed by atoms with E-state index in [-0.39, 0.29) is 36.3 Å². The Balaban J connectivity index is 1.15. The molecule has 6 rings (SSSR count). The number of pyridine rings is 1. The molecule has 0 spiro atoms. The third-order valence-electron chi connectivity index (χ3n) is 8.30. The number of benzene rings is 3. The van der Waals surface area contributed by atoms with Crippen LogP contribution in [-0.4, -0.2) is 64.8 Å². The Labute approximate surface area is 286 Å². The topological polar surface area (TPSA) is 158 Å². The van der Waals surface area contributed by atoms with Gasteiger partial charge >= 0.3 is 5.97 Å². The molecule has 0 saturated carbocycles. The highest BCUT2D eigenvalue weighted by atomic mass is 19.1. The molecule has 2 aromatic heterocycles. The van der Waals surface area contributed by atoms with Crippen molar-refractivity contribution in [3.63, 3.8) is 0 Å². The summed E-state index contributed by atoms with van der Waals surface area (Å²) in [4.78, 5) is 42.7. The second-order valence-corrected chi connectivity index (χ2v) is 11.8. The van der Waals surface area contributed by atoms with Gasteiger partial charge in [-0.05, 0) is 50.2 Å². The van der Waals surface area contributed by atoms with E-state index in [4.69, 9.17) is 29.4 Å². The van der Waals surface area contributed by atoms with Crippen molar-refractivity contribution >= 4 is 28.5 Å². The summed E-state index contributed by atoms with van der Waals surface area (Å²) in [5.41, 5.74) is 6.72. The number of methoxy groups -OCH3 is 1. The van der Waals surface area contributed by atoms with E-state index in [0.29, 0.717) is 46.0 Å². The van der Waals surface area contributed by atoms with Gasteiger partial charge in [0.15, 0.2) is 23.1 Å². The van der Waals surface area contributed by atoms with Crippen LogP contribution in [-0.2, 0) is 21.3 Å². The molecule has 0 radical (unpaired) electrons. The number of fused-ring (bicyclic) bond motifs is 1. The van der Waals surface area contributed by atoms with Crippen LogP contribution >= 0.6 is 0 Å². The summed E-state index contributed by atoms with van der Waals surface area (Å²) < 4.78 is 47.0. The van der Waals surface area contributed by atoms with Crippen molar-refractivity contribution in [2.24, 2.45) is 12.8 Å². The fourth-order valence-corrected chi connectivity index (χ4v) is 5.62. The minimum Gasteiger partial charge on any atom is -0.493 e. The molecule has 1 amide bonds. The Morgan fingerprint density at radius 2 is 1.86 bits per heavy atom. The van der Waals surface area contributed by atoms with Gasteiger partial charge in [0, 0.05) is 42.9 Å². The van der Waals surface area contributed by atoms with E-state index in [1.54, 1.807) is 68.0 Å². The third-order valence-corrected chi connectivity index (χ3v) is 8.30. The van der Waals surface area contributed by atoms with Crippen LogP contribution in [0.4, 0.5) is 10.1 Å². The van der Waals surface area contributed by atoms with Gasteiger partial charge in [0.1, 0.15) is 30.1 Å². The Morgan fingerprint density at radius 1 is 1.08 bits per heavy atom. The van der Waals surface area contributed by atoms with E-state index in [1.165, 1.54) is 30.1 Å². The average Bonchev–Trinajstić information content (AvgIpc) is 3.64. The predicted octanol–water partition coefficient (Wildman–Crippen LogP) is 4.65. The first-order valence-electron chi connectivity index (χ1n) is 15.8. The average molecular weight is 686 g/mol. The second kappa shape index (κ2) is 14.4. The van der Waals surface area contributed by atoms with Crippen molar-refractivity contribution in [3.8, 4) is 28.7 Å². The number of rotatable bonds is 11. The van der Waals surface area contributed by atoms with Gasteiger partial charge < -0.3 is 34.7 Å². The second-order valence-electron chi connectivity index (χ2n) is 11.8. The zero-order valence-electron chi connectivity index (χ0n) is 27.8. The Bertz CT molecular complexity index is 2110. The number of nitrogens with zero attached hydrogens (tertiary/aromatic N) is 3. The van der Waals surface area contributed by atoms with Crippen molar-refractivity contribution in [2.45, 2.75) is 38.5 Å². The fraction of sp³-hybridized carbons (Fsp3) is 0.278. The molecular formula is C36H36FN5O8. The number of nitrogens with two attached hydrogens (primary N) is 1. The number of halogens is 1. The number of aromatic nitrogens is 3. The van der Waals surface area contributed by atoms with E-state index < -0.39 is 35.4 Å². The lowest BCUT2D eigenvalue weighted by atomic mass is 10.1. The third kappa shape index (κ3) is 7.02. The minimum absolute atomic E-state index is 0.0553. The number of hydrogen-bond donors (Lipinski definition) is 2. The van der Waals surface area contributed by atoms with Crippen LogP contribution in [0.25, 0.3) is 16.6 Å². The number of anilines is 1. The summed E-state index contributed by atoms with van der Waals surface area (Å²) in [5.74, 6) is -0.913. The van der Waals surface area contributed by atoms with Crippen LogP contribution in [0.1, 0.15) is 29.4 Å². The standard InChI is InChI=1S/C36H36FN5O8/c1-20(38)36(45)49-25-15-24(47-19-25)18-48-32-17-28-26(16-31(32)46-4)29(12-13-39-28)50-30-11-10-22(14-27(30)37)40-34(43)33-21(2)41(3)42(35(33)44)23-8-6-5-7-9-23/h5-14,16-17,20,24-25H,15,18-19,38H2,1-4H3,(H,40,43)/t20-,24+,25-/m0/s1. The summed E-state index contributed by atoms with van der Waals surface area (Å²) >= 11 is 0. The summed E-state index contributed by atoms with van der Waals surface area (Å²) in [7, 11) is 3.17. The Kier molecular flexibility index (Phi) is 9.83. The molecule has 1 aliphatic rings. The van der Waals surface area contributed by atoms with E-state index >= 15 is 4.39 Å². The molecule has 1 fully saturated rings. The van der Waals surface area contributed by atoms with Crippen LogP contribution < -0.4 is 30.8 Å². The molecule has 3 atom stereocenters. The Hall–Kier alpha value is -5.73. The van der Waals surface area contributed by atoms with Gasteiger partial charge in [-0.1, -0.05) is 18.2 Å². The molecule has 1 aliphatic heterocycles. The number of nitrogens with one attached hydrogen (secondary N) is 1. The lowest BCUT2D eigenvalue weighted by Gasteiger charge is -2.16. The van der Waals surface area contributed by atoms with Gasteiger partial charge in [-0.3, -0.25) is 24.0 Å². The molecule has 0 unspecified atom stereocenters. The van der Waals surface area contributed by atoms with Crippen LogP contribution in [0.3, 0.4) is 0 Å². The smallest absolute Gasteiger partial charge is 0.322 e. The van der Waals surface area contributed by atoms with E-state index in [9.17, 15) is 14.4 Å². The number of hydrogen-bond acceptors (Lipinski definition) is 10. The highest BCUT2D eigenvalue weighted by molar-refractivity contribution is 6.05. The maximum Gasteiger partial charge on any atom is 0.322 e. The molecule has 3 heterocycles. The first-order chi connectivity index (χ1) is 24.0. The normalized spacial score (nSPS) is 16.2. The zero-order chi connectivity index (χ0) is 35.5. The molecule has 3 aromatic carbocycles. The van der Waals surface area contributed by atoms with Gasteiger partial charge in [0.05, 0.1) is 36.7 Å². The van der Waals surface area contributed by atoms with Crippen LogP contribution in [0.2, 0.25) is 0 Å². The van der Waals surface area contributed by atoms with Crippen LogP contribution in [0, 0.1) is 12.7 Å². The zero-order valence-corrected chi connectivity index (χ0v) is 27.8. The number of ether oxygens (including phenoxy) is 5. The minimum atomic E-state index is -0.743. The van der Waals surface area contributed by atoms with Crippen molar-refractivity contribution in [1.29, 1.82) is 0 Å². The summed E-state index contributed by atoms with van der Waals surface area (Å²) in [6.07, 6.45) is 1.25. The van der Waals surface area contributed by atoms with Gasteiger partial charge in [-0.25, -0.2) is 9.07 Å². The number of amides is 1. The summed E-state index contributed by atoms with van der Waals surface area (Å²) in [6.45, 7) is 3.64. The van der Waals surface area contributed by atoms with Crippen LogP contribution in [0.15, 0.2) is 77.7 Å².